The number of nitrogens with one attached hydrogen (secondary N) is 2. The number of ketones is 1. The highest BCUT2D eigenvalue weighted by molar-refractivity contribution is 9.10. The molecule has 0 radical (unpaired) electrons. The number of Topliss-reactive ketones (excluding diaryl/α,β-unsaturated/α-hetero) is 1. The zero-order chi connectivity index (χ0) is 22.7. The Morgan fingerprint density at radius 1 is 1.16 bits per heavy atom. The minimum Gasteiger partial charge on any atom is -0.345 e. The summed E-state index contributed by atoms with van der Waals surface area (Å²) >= 11 is 15.7. The Balaban J connectivity index is 1.99. The van der Waals surface area contributed by atoms with Gasteiger partial charge in [-0.15, -0.1) is 0 Å². The van der Waals surface area contributed by atoms with E-state index in [9.17, 15) is 14.4 Å². The maximum atomic E-state index is 13.2. The molecule has 0 fully saturated rings. The fraction of sp³-hybridized carbons (Fsp3) is 0.143. The van der Waals surface area contributed by atoms with E-state index in [4.69, 9.17) is 23.2 Å². The number of anilines is 1. The normalized spacial score (nSPS) is 10.6. The van der Waals surface area contributed by atoms with Crippen LogP contribution >= 0.6 is 39.1 Å². The third-order valence-corrected chi connectivity index (χ3v) is 5.21. The van der Waals surface area contributed by atoms with Crippen molar-refractivity contribution >= 4 is 62.4 Å². The maximum absolute atomic E-state index is 13.2. The Kier molecular flexibility index (Phi) is 7.15. The van der Waals surface area contributed by atoms with Crippen LogP contribution in [0.2, 0.25) is 10.0 Å². The summed E-state index contributed by atoms with van der Waals surface area (Å²) in [5.41, 5.74) is 1.26. The van der Waals surface area contributed by atoms with E-state index in [1.54, 1.807) is 48.1 Å². The van der Waals surface area contributed by atoms with Gasteiger partial charge in [0.25, 0.3) is 11.8 Å². The van der Waals surface area contributed by atoms with E-state index in [2.05, 4.69) is 31.5 Å². The fourth-order valence-electron chi connectivity index (χ4n) is 2.90. The lowest BCUT2D eigenvalue weighted by atomic mass is 10.1. The minimum absolute atomic E-state index is 0.133. The highest BCUT2D eigenvalue weighted by Crippen LogP contribution is 2.28. The van der Waals surface area contributed by atoms with E-state index in [1.165, 1.54) is 13.0 Å². The summed E-state index contributed by atoms with van der Waals surface area (Å²) in [4.78, 5) is 41.3. The number of aromatic nitrogens is 2. The highest BCUT2D eigenvalue weighted by Gasteiger charge is 2.21. The summed E-state index contributed by atoms with van der Waals surface area (Å²) in [6.45, 7) is 2.94. The molecule has 0 saturated heterocycles. The van der Waals surface area contributed by atoms with Crippen LogP contribution in [0.4, 0.5) is 5.69 Å². The Bertz CT molecular complexity index is 1190. The van der Waals surface area contributed by atoms with Gasteiger partial charge in [-0.05, 0) is 65.7 Å². The van der Waals surface area contributed by atoms with Crippen LogP contribution < -0.4 is 10.6 Å². The van der Waals surface area contributed by atoms with E-state index in [1.807, 2.05) is 0 Å². The molecule has 1 aromatic carbocycles. The van der Waals surface area contributed by atoms with Gasteiger partial charge in [-0.2, -0.15) is 0 Å². The van der Waals surface area contributed by atoms with Crippen LogP contribution in [0.15, 0.2) is 47.2 Å². The molecule has 0 aliphatic carbocycles. The van der Waals surface area contributed by atoms with Gasteiger partial charge < -0.3 is 10.6 Å². The summed E-state index contributed by atoms with van der Waals surface area (Å²) in [5.74, 6) is -0.834. The van der Waals surface area contributed by atoms with Gasteiger partial charge in [-0.1, -0.05) is 23.2 Å². The van der Waals surface area contributed by atoms with Crippen LogP contribution in [0.5, 0.6) is 0 Å². The van der Waals surface area contributed by atoms with E-state index >= 15 is 0 Å². The molecule has 31 heavy (non-hydrogen) atoms. The second-order valence-corrected chi connectivity index (χ2v) is 8.47. The molecule has 3 aromatic rings. The molecule has 2 heterocycles. The number of pyridine rings is 1. The maximum Gasteiger partial charge on any atom is 0.272 e. The lowest BCUT2D eigenvalue weighted by Crippen LogP contribution is -2.29. The van der Waals surface area contributed by atoms with Crippen LogP contribution in [0.25, 0.3) is 5.82 Å². The zero-order valence-corrected chi connectivity index (χ0v) is 19.6. The quantitative estimate of drug-likeness (QED) is 0.484. The first kappa shape index (κ1) is 23.0. The average Bonchev–Trinajstić information content (AvgIpc) is 3.09. The molecule has 2 N–H and O–H groups in total. The van der Waals surface area contributed by atoms with Gasteiger partial charge in [0.05, 0.1) is 22.8 Å². The van der Waals surface area contributed by atoms with Crippen molar-refractivity contribution in [1.29, 1.82) is 0 Å². The topological polar surface area (TPSA) is 93.1 Å². The SMILES string of the molecule is CC(=O)CNC(=O)c1cc(Cl)cc(C)c1NC(=O)c1cc(Br)cn1-c1ncccc1Cl. The Morgan fingerprint density at radius 2 is 1.90 bits per heavy atom. The lowest BCUT2D eigenvalue weighted by molar-refractivity contribution is -0.116. The van der Waals surface area contributed by atoms with Gasteiger partial charge in [-0.3, -0.25) is 19.0 Å². The third kappa shape index (κ3) is 5.33. The predicted molar refractivity (Wildman–Crippen MR) is 123 cm³/mol. The van der Waals surface area contributed by atoms with Gasteiger partial charge in [0.2, 0.25) is 0 Å². The molecular weight excluding hydrogens is 507 g/mol. The number of hydrogen-bond acceptors (Lipinski definition) is 4. The van der Waals surface area contributed by atoms with Crippen LogP contribution in [0, 0.1) is 6.92 Å². The van der Waals surface area contributed by atoms with Crippen molar-refractivity contribution in [3.63, 3.8) is 0 Å². The summed E-state index contributed by atoms with van der Waals surface area (Å²) in [5, 5.41) is 5.99. The molecule has 7 nitrogen and oxygen atoms in total. The molecule has 0 saturated carbocycles. The Hall–Kier alpha value is -2.68. The number of hydrogen-bond donors (Lipinski definition) is 2. The molecule has 0 spiro atoms. The summed E-state index contributed by atoms with van der Waals surface area (Å²) in [6, 6.07) is 8.03. The number of rotatable bonds is 6. The monoisotopic (exact) mass is 522 g/mol. The van der Waals surface area contributed by atoms with Gasteiger partial charge in [0.1, 0.15) is 11.5 Å². The second-order valence-electron chi connectivity index (χ2n) is 6.71. The van der Waals surface area contributed by atoms with Crippen molar-refractivity contribution in [2.75, 3.05) is 11.9 Å². The van der Waals surface area contributed by atoms with Gasteiger partial charge in [-0.25, -0.2) is 4.98 Å². The molecular formula is C21H17BrCl2N4O3. The number of amides is 2. The molecule has 10 heteroatoms. The number of carbonyl (C=O) groups is 3. The first-order valence-corrected chi connectivity index (χ1v) is 10.6. The van der Waals surface area contributed by atoms with Crippen LogP contribution in [-0.2, 0) is 4.79 Å². The van der Waals surface area contributed by atoms with E-state index in [0.29, 0.717) is 25.9 Å². The Morgan fingerprint density at radius 3 is 2.58 bits per heavy atom. The van der Waals surface area contributed by atoms with Crippen LogP contribution in [0.3, 0.4) is 0 Å². The first-order valence-electron chi connectivity index (χ1n) is 9.05. The van der Waals surface area contributed by atoms with Crippen molar-refractivity contribution in [1.82, 2.24) is 14.9 Å². The molecule has 3 rings (SSSR count). The van der Waals surface area contributed by atoms with Gasteiger partial charge in [0, 0.05) is 21.9 Å². The van der Waals surface area contributed by atoms with Gasteiger partial charge >= 0.3 is 0 Å². The molecule has 0 aliphatic rings. The molecule has 2 aromatic heterocycles. The number of nitrogens with zero attached hydrogens (tertiary/aromatic N) is 2. The molecule has 0 bridgehead atoms. The van der Waals surface area contributed by atoms with Crippen molar-refractivity contribution in [2.24, 2.45) is 0 Å². The third-order valence-electron chi connectivity index (χ3n) is 4.27. The van der Waals surface area contributed by atoms with Crippen molar-refractivity contribution in [3.8, 4) is 5.82 Å². The summed E-state index contributed by atoms with van der Waals surface area (Å²) in [7, 11) is 0. The molecule has 2 amide bonds. The first-order chi connectivity index (χ1) is 14.7. The smallest absolute Gasteiger partial charge is 0.272 e. The van der Waals surface area contributed by atoms with Crippen molar-refractivity contribution < 1.29 is 14.4 Å². The zero-order valence-electron chi connectivity index (χ0n) is 16.5. The van der Waals surface area contributed by atoms with Crippen LogP contribution in [-0.4, -0.2) is 33.7 Å². The molecule has 0 atom stereocenters. The highest BCUT2D eigenvalue weighted by atomic mass is 79.9. The molecule has 0 aliphatic heterocycles. The second kappa shape index (κ2) is 9.64. The number of benzene rings is 1. The Labute approximate surface area is 196 Å². The predicted octanol–water partition coefficient (Wildman–Crippen LogP) is 4.82. The number of halogens is 3. The average molecular weight is 524 g/mol. The van der Waals surface area contributed by atoms with E-state index in [0.717, 1.165) is 0 Å². The number of aryl methyl sites for hydroxylation is 1. The fourth-order valence-corrected chi connectivity index (χ4v) is 3.81. The van der Waals surface area contributed by atoms with Crippen molar-refractivity contribution in [3.05, 3.63) is 74.1 Å². The van der Waals surface area contributed by atoms with Gasteiger partial charge in [0.15, 0.2) is 5.82 Å². The standard InChI is InChI=1S/C21H17BrCl2N4O3/c1-11-6-14(23)8-15(20(30)26-9-12(2)29)18(11)27-21(31)17-7-13(22)10-28(17)19-16(24)4-3-5-25-19/h3-8,10H,9H2,1-2H3,(H,26,30)(H,27,31). The number of carbonyl (C=O) groups excluding carboxylic acids is 3. The van der Waals surface area contributed by atoms with E-state index in [-0.39, 0.29) is 29.3 Å². The summed E-state index contributed by atoms with van der Waals surface area (Å²) in [6.07, 6.45) is 3.23. The van der Waals surface area contributed by atoms with Crippen molar-refractivity contribution in [2.45, 2.75) is 13.8 Å². The van der Waals surface area contributed by atoms with Crippen LogP contribution in [0.1, 0.15) is 33.3 Å². The molecule has 0 unspecified atom stereocenters. The van der Waals surface area contributed by atoms with E-state index < -0.39 is 11.8 Å². The molecule has 160 valence electrons. The largest absolute Gasteiger partial charge is 0.345 e. The minimum atomic E-state index is -0.527. The summed E-state index contributed by atoms with van der Waals surface area (Å²) < 4.78 is 2.19. The lowest BCUT2D eigenvalue weighted by Gasteiger charge is -2.15.